The molecule has 1 aromatic rings. The summed E-state index contributed by atoms with van der Waals surface area (Å²) in [6.07, 6.45) is 2.08. The molecule has 0 spiro atoms. The smallest absolute Gasteiger partial charge is 0.338 e. The van der Waals surface area contributed by atoms with Crippen molar-refractivity contribution in [2.45, 2.75) is 44.8 Å². The topological polar surface area (TPSA) is 52.6 Å². The Labute approximate surface area is 118 Å². The molecule has 1 saturated carbocycles. The number of benzene rings is 1. The van der Waals surface area contributed by atoms with Crippen LogP contribution >= 0.6 is 0 Å². The van der Waals surface area contributed by atoms with Gasteiger partial charge >= 0.3 is 11.9 Å². The monoisotopic (exact) mass is 274 g/mol. The van der Waals surface area contributed by atoms with Crippen LogP contribution in [0.3, 0.4) is 0 Å². The van der Waals surface area contributed by atoms with Crippen molar-refractivity contribution in [2.24, 2.45) is 5.92 Å². The van der Waals surface area contributed by atoms with Gasteiger partial charge in [-0.1, -0.05) is 6.92 Å². The lowest BCUT2D eigenvalue weighted by Crippen LogP contribution is -2.45. The Balaban J connectivity index is 2.01. The Morgan fingerprint density at radius 1 is 1.10 bits per heavy atom. The summed E-state index contributed by atoms with van der Waals surface area (Å²) < 4.78 is 11.3. The van der Waals surface area contributed by atoms with Gasteiger partial charge in [0.1, 0.15) is 11.7 Å². The van der Waals surface area contributed by atoms with Crippen molar-refractivity contribution >= 4 is 11.9 Å². The van der Waals surface area contributed by atoms with Crippen LogP contribution in [0.25, 0.3) is 0 Å². The highest BCUT2D eigenvalue weighted by Crippen LogP contribution is 2.38. The first-order chi connectivity index (χ1) is 9.48. The Bertz CT molecular complexity index is 548. The van der Waals surface area contributed by atoms with Crippen molar-refractivity contribution in [1.29, 1.82) is 0 Å². The average molecular weight is 274 g/mol. The van der Waals surface area contributed by atoms with Gasteiger partial charge in [0.15, 0.2) is 0 Å². The largest absolute Gasteiger partial charge is 0.459 e. The lowest BCUT2D eigenvalue weighted by Gasteiger charge is -2.42. The van der Waals surface area contributed by atoms with Gasteiger partial charge in [0.2, 0.25) is 0 Å². The predicted molar refractivity (Wildman–Crippen MR) is 72.5 cm³/mol. The van der Waals surface area contributed by atoms with Crippen LogP contribution in [0.5, 0.6) is 0 Å². The first kappa shape index (κ1) is 13.2. The van der Waals surface area contributed by atoms with Gasteiger partial charge in [0.25, 0.3) is 0 Å². The number of hydrogen-bond donors (Lipinski definition) is 0. The molecule has 1 fully saturated rings. The Kier molecular flexibility index (Phi) is 3.04. The third-order valence-electron chi connectivity index (χ3n) is 4.58. The maximum Gasteiger partial charge on any atom is 0.338 e. The predicted octanol–water partition coefficient (Wildman–Crippen LogP) is 2.96. The molecule has 20 heavy (non-hydrogen) atoms. The van der Waals surface area contributed by atoms with E-state index in [1.807, 2.05) is 13.8 Å². The molecule has 4 aliphatic heterocycles. The molecule has 3 unspecified atom stereocenters. The summed E-state index contributed by atoms with van der Waals surface area (Å²) in [5, 5.41) is 0. The molecule has 4 nitrogen and oxygen atoms in total. The normalized spacial score (nSPS) is 33.1. The molecule has 1 aliphatic carbocycles. The van der Waals surface area contributed by atoms with Gasteiger partial charge in [-0.3, -0.25) is 0 Å². The highest BCUT2D eigenvalue weighted by molar-refractivity contribution is 5.93. The Hall–Kier alpha value is -1.84. The van der Waals surface area contributed by atoms with E-state index in [9.17, 15) is 9.59 Å². The molecule has 0 N–H and O–H groups in total. The van der Waals surface area contributed by atoms with Gasteiger partial charge < -0.3 is 9.47 Å². The molecular weight excluding hydrogens is 256 g/mol. The molecular formula is C16H18O4. The summed E-state index contributed by atoms with van der Waals surface area (Å²) in [6.45, 7) is 4.01. The van der Waals surface area contributed by atoms with E-state index in [1.54, 1.807) is 24.3 Å². The van der Waals surface area contributed by atoms with Crippen molar-refractivity contribution in [2.75, 3.05) is 0 Å². The van der Waals surface area contributed by atoms with Gasteiger partial charge in [-0.25, -0.2) is 9.59 Å². The minimum Gasteiger partial charge on any atom is -0.459 e. The van der Waals surface area contributed by atoms with E-state index in [1.165, 1.54) is 0 Å². The minimum absolute atomic E-state index is 0.0941. The summed E-state index contributed by atoms with van der Waals surface area (Å²) in [6, 6.07) is 6.45. The first-order valence-electron chi connectivity index (χ1n) is 7.02. The zero-order valence-corrected chi connectivity index (χ0v) is 11.7. The van der Waals surface area contributed by atoms with Gasteiger partial charge in [-0.15, -0.1) is 0 Å². The number of carbonyl (C=O) groups excluding carboxylic acids is 2. The van der Waals surface area contributed by atoms with Gasteiger partial charge in [-0.05, 0) is 56.4 Å². The Morgan fingerprint density at radius 2 is 1.70 bits per heavy atom. The molecule has 3 atom stereocenters. The third kappa shape index (κ3) is 2.19. The van der Waals surface area contributed by atoms with Crippen LogP contribution in [-0.4, -0.2) is 23.6 Å². The van der Waals surface area contributed by atoms with Crippen LogP contribution in [0.1, 0.15) is 53.8 Å². The van der Waals surface area contributed by atoms with Crippen LogP contribution in [0.15, 0.2) is 24.3 Å². The van der Waals surface area contributed by atoms with Crippen LogP contribution in [0.4, 0.5) is 0 Å². The average Bonchev–Trinajstić information content (AvgIpc) is 2.42. The van der Waals surface area contributed by atoms with Gasteiger partial charge in [0.05, 0.1) is 11.1 Å². The minimum atomic E-state index is -0.488. The Morgan fingerprint density at radius 3 is 2.30 bits per heavy atom. The van der Waals surface area contributed by atoms with Crippen LogP contribution < -0.4 is 0 Å². The fourth-order valence-corrected chi connectivity index (χ4v) is 2.95. The van der Waals surface area contributed by atoms with Crippen molar-refractivity contribution in [3.8, 4) is 0 Å². The molecule has 1 aromatic carbocycles. The standard InChI is InChI=1S/C16H18O4/c1-10-9-13-7-8-16(10,2)20-15(18)12-5-3-11(4-6-12)14(17)19-13/h3-6,10,13H,7-9H2,1-2H3. The number of esters is 2. The van der Waals surface area contributed by atoms with E-state index in [0.717, 1.165) is 12.8 Å². The van der Waals surface area contributed by atoms with Crippen molar-refractivity contribution in [3.63, 3.8) is 0 Å². The van der Waals surface area contributed by atoms with Gasteiger partial charge in [0, 0.05) is 0 Å². The maximum absolute atomic E-state index is 12.2. The molecule has 4 heterocycles. The highest BCUT2D eigenvalue weighted by Gasteiger charge is 2.42. The maximum atomic E-state index is 12.2. The zero-order chi connectivity index (χ0) is 14.3. The molecule has 4 bridgehead atoms. The third-order valence-corrected chi connectivity index (χ3v) is 4.58. The summed E-state index contributed by atoms with van der Waals surface area (Å²) in [5.41, 5.74) is 0.457. The lowest BCUT2D eigenvalue weighted by atomic mass is 9.76. The zero-order valence-electron chi connectivity index (χ0n) is 11.7. The molecule has 0 saturated heterocycles. The molecule has 6 rings (SSSR count). The first-order valence-corrected chi connectivity index (χ1v) is 7.02. The summed E-state index contributed by atoms with van der Waals surface area (Å²) >= 11 is 0. The SMILES string of the molecule is CC1CC2CCC1(C)OC(=O)c1ccc(cc1)C(=O)O2. The number of carbonyl (C=O) groups is 2. The number of ether oxygens (including phenoxy) is 2. The van der Waals surface area contributed by atoms with E-state index >= 15 is 0 Å². The number of rotatable bonds is 0. The number of hydrogen-bond acceptors (Lipinski definition) is 4. The van der Waals surface area contributed by atoms with E-state index in [-0.39, 0.29) is 24.0 Å². The fourth-order valence-electron chi connectivity index (χ4n) is 2.95. The quantitative estimate of drug-likeness (QED) is 0.682. The second-order valence-electron chi connectivity index (χ2n) is 5.98. The highest BCUT2D eigenvalue weighted by atomic mass is 16.6. The summed E-state index contributed by atoms with van der Waals surface area (Å²) in [5.74, 6) is -0.473. The second-order valence-corrected chi connectivity index (χ2v) is 5.98. The molecule has 106 valence electrons. The van der Waals surface area contributed by atoms with Crippen molar-refractivity contribution in [1.82, 2.24) is 0 Å². The van der Waals surface area contributed by atoms with Crippen molar-refractivity contribution in [3.05, 3.63) is 35.4 Å². The summed E-state index contributed by atoms with van der Waals surface area (Å²) in [7, 11) is 0. The molecule has 0 radical (unpaired) electrons. The molecule has 0 aromatic heterocycles. The fraction of sp³-hybridized carbons (Fsp3) is 0.500. The van der Waals surface area contributed by atoms with Crippen LogP contribution in [0, 0.1) is 5.92 Å². The van der Waals surface area contributed by atoms with E-state index in [0.29, 0.717) is 17.5 Å². The lowest BCUT2D eigenvalue weighted by molar-refractivity contribution is -0.0827. The van der Waals surface area contributed by atoms with Gasteiger partial charge in [-0.2, -0.15) is 0 Å². The molecule has 4 heteroatoms. The van der Waals surface area contributed by atoms with E-state index < -0.39 is 5.60 Å². The van der Waals surface area contributed by atoms with E-state index in [2.05, 4.69) is 0 Å². The van der Waals surface area contributed by atoms with E-state index in [4.69, 9.17) is 9.47 Å². The molecule has 0 amide bonds. The summed E-state index contributed by atoms with van der Waals surface area (Å²) in [4.78, 5) is 24.3. The molecule has 5 aliphatic rings. The second kappa shape index (κ2) is 4.62. The van der Waals surface area contributed by atoms with Crippen LogP contribution in [0.2, 0.25) is 0 Å². The van der Waals surface area contributed by atoms with Crippen molar-refractivity contribution < 1.29 is 19.1 Å². The van der Waals surface area contributed by atoms with Crippen LogP contribution in [-0.2, 0) is 9.47 Å².